The molecule has 0 amide bonds. The normalized spacial score (nSPS) is 12.3. The number of benzene rings is 1. The molecule has 4 heteroatoms. The third-order valence-corrected chi connectivity index (χ3v) is 3.28. The molecular weight excluding hydrogens is 260 g/mol. The van der Waals surface area contributed by atoms with E-state index < -0.39 is 0 Å². The van der Waals surface area contributed by atoms with Crippen molar-refractivity contribution in [1.82, 2.24) is 9.97 Å². The fraction of sp³-hybridized carbons (Fsp3) is 0.333. The molecule has 3 nitrogen and oxygen atoms in total. The minimum absolute atomic E-state index is 0.0889. The van der Waals surface area contributed by atoms with Crippen molar-refractivity contribution < 1.29 is 4.74 Å². The Morgan fingerprint density at radius 1 is 1.26 bits per heavy atom. The summed E-state index contributed by atoms with van der Waals surface area (Å²) in [6.45, 7) is 5.89. The molecule has 1 atom stereocenters. The summed E-state index contributed by atoms with van der Waals surface area (Å²) in [6, 6.07) is 5.98. The maximum Gasteiger partial charge on any atom is 0.163 e. The van der Waals surface area contributed by atoms with Gasteiger partial charge in [-0.2, -0.15) is 0 Å². The number of hydrogen-bond acceptors (Lipinski definition) is 3. The summed E-state index contributed by atoms with van der Waals surface area (Å²) in [4.78, 5) is 8.92. The smallest absolute Gasteiger partial charge is 0.163 e. The molecule has 1 heterocycles. The molecule has 0 aliphatic carbocycles. The van der Waals surface area contributed by atoms with E-state index in [4.69, 9.17) is 16.3 Å². The van der Waals surface area contributed by atoms with Crippen LogP contribution in [0.2, 0.25) is 0 Å². The molecule has 0 N–H and O–H groups in total. The minimum Gasteiger partial charge on any atom is -0.496 e. The van der Waals surface area contributed by atoms with Crippen molar-refractivity contribution >= 4 is 11.6 Å². The van der Waals surface area contributed by atoms with Gasteiger partial charge in [-0.3, -0.25) is 0 Å². The summed E-state index contributed by atoms with van der Waals surface area (Å²) in [5.74, 6) is 1.45. The van der Waals surface area contributed by atoms with Crippen molar-refractivity contribution in [3.05, 3.63) is 41.2 Å². The van der Waals surface area contributed by atoms with E-state index in [0.29, 0.717) is 5.82 Å². The summed E-state index contributed by atoms with van der Waals surface area (Å²) < 4.78 is 5.39. The van der Waals surface area contributed by atoms with Crippen LogP contribution in [0.25, 0.3) is 11.4 Å². The first-order chi connectivity index (χ1) is 9.02. The van der Waals surface area contributed by atoms with Crippen molar-refractivity contribution in [1.29, 1.82) is 0 Å². The average molecular weight is 277 g/mol. The van der Waals surface area contributed by atoms with Gasteiger partial charge in [0, 0.05) is 17.5 Å². The van der Waals surface area contributed by atoms with E-state index in [1.807, 2.05) is 39.0 Å². The van der Waals surface area contributed by atoms with E-state index in [-0.39, 0.29) is 5.38 Å². The number of alkyl halides is 1. The van der Waals surface area contributed by atoms with E-state index in [9.17, 15) is 0 Å². The summed E-state index contributed by atoms with van der Waals surface area (Å²) in [5.41, 5.74) is 3.89. The highest BCUT2D eigenvalue weighted by Gasteiger charge is 2.12. The van der Waals surface area contributed by atoms with Crippen LogP contribution < -0.4 is 4.74 Å². The fourth-order valence-electron chi connectivity index (χ4n) is 1.98. The Hall–Kier alpha value is -1.61. The lowest BCUT2D eigenvalue weighted by molar-refractivity contribution is 0.416. The highest BCUT2D eigenvalue weighted by molar-refractivity contribution is 6.20. The lowest BCUT2D eigenvalue weighted by Gasteiger charge is -2.11. The monoisotopic (exact) mass is 276 g/mol. The van der Waals surface area contributed by atoms with Gasteiger partial charge in [-0.15, -0.1) is 11.6 Å². The second-order valence-electron chi connectivity index (χ2n) is 4.55. The molecule has 19 heavy (non-hydrogen) atoms. The fourth-order valence-corrected chi connectivity index (χ4v) is 2.19. The third kappa shape index (κ3) is 2.87. The zero-order valence-corrected chi connectivity index (χ0v) is 12.3. The van der Waals surface area contributed by atoms with Gasteiger partial charge in [0.05, 0.1) is 18.1 Å². The van der Waals surface area contributed by atoms with Gasteiger partial charge in [-0.25, -0.2) is 9.97 Å². The van der Waals surface area contributed by atoms with E-state index in [2.05, 4.69) is 9.97 Å². The maximum absolute atomic E-state index is 6.08. The number of aryl methyl sites for hydroxylation is 2. The average Bonchev–Trinajstić information content (AvgIpc) is 2.37. The first-order valence-electron chi connectivity index (χ1n) is 6.15. The Bertz CT molecular complexity index is 597. The van der Waals surface area contributed by atoms with Crippen LogP contribution in [0.4, 0.5) is 0 Å². The Kier molecular flexibility index (Phi) is 4.05. The van der Waals surface area contributed by atoms with Gasteiger partial charge in [0.25, 0.3) is 0 Å². The predicted molar refractivity (Wildman–Crippen MR) is 77.8 cm³/mol. The standard InChI is InChI=1S/C15H17ClN2O/c1-9-5-6-12(14(7-9)19-4)15-17-8-13(10(2)16)11(3)18-15/h5-8,10H,1-4H3. The molecule has 100 valence electrons. The largest absolute Gasteiger partial charge is 0.496 e. The number of rotatable bonds is 3. The second kappa shape index (κ2) is 5.57. The van der Waals surface area contributed by atoms with Crippen LogP contribution >= 0.6 is 11.6 Å². The lowest BCUT2D eigenvalue weighted by atomic mass is 10.1. The Morgan fingerprint density at radius 3 is 2.58 bits per heavy atom. The second-order valence-corrected chi connectivity index (χ2v) is 5.21. The topological polar surface area (TPSA) is 35.0 Å². The molecule has 0 spiro atoms. The van der Waals surface area contributed by atoms with Gasteiger partial charge < -0.3 is 4.74 Å². The van der Waals surface area contributed by atoms with Gasteiger partial charge in [-0.05, 0) is 38.5 Å². The van der Waals surface area contributed by atoms with E-state index in [0.717, 1.165) is 28.1 Å². The Balaban J connectivity index is 2.51. The van der Waals surface area contributed by atoms with Gasteiger partial charge in [0.2, 0.25) is 0 Å². The van der Waals surface area contributed by atoms with Crippen molar-refractivity contribution in [2.24, 2.45) is 0 Å². The van der Waals surface area contributed by atoms with Gasteiger partial charge in [-0.1, -0.05) is 6.07 Å². The van der Waals surface area contributed by atoms with Crippen molar-refractivity contribution in [3.63, 3.8) is 0 Å². The number of ether oxygens (including phenoxy) is 1. The number of methoxy groups -OCH3 is 1. The minimum atomic E-state index is -0.0889. The van der Waals surface area contributed by atoms with Crippen LogP contribution in [-0.2, 0) is 0 Å². The van der Waals surface area contributed by atoms with Crippen molar-refractivity contribution in [2.45, 2.75) is 26.1 Å². The highest BCUT2D eigenvalue weighted by Crippen LogP contribution is 2.30. The van der Waals surface area contributed by atoms with Crippen molar-refractivity contribution in [3.8, 4) is 17.1 Å². The molecule has 2 aromatic rings. The molecule has 0 radical (unpaired) electrons. The van der Waals surface area contributed by atoms with Crippen LogP contribution in [0.3, 0.4) is 0 Å². The van der Waals surface area contributed by atoms with Crippen LogP contribution in [0.1, 0.15) is 29.1 Å². The van der Waals surface area contributed by atoms with E-state index in [1.165, 1.54) is 0 Å². The molecule has 1 unspecified atom stereocenters. The van der Waals surface area contributed by atoms with Crippen LogP contribution in [0.15, 0.2) is 24.4 Å². The third-order valence-electron chi connectivity index (χ3n) is 3.04. The number of hydrogen-bond donors (Lipinski definition) is 0. The van der Waals surface area contributed by atoms with Crippen LogP contribution in [0, 0.1) is 13.8 Å². The molecule has 0 saturated heterocycles. The SMILES string of the molecule is COc1cc(C)ccc1-c1ncc(C(C)Cl)c(C)n1. The van der Waals surface area contributed by atoms with E-state index in [1.54, 1.807) is 13.3 Å². The van der Waals surface area contributed by atoms with Gasteiger partial charge in [0.15, 0.2) is 5.82 Å². The zero-order chi connectivity index (χ0) is 14.0. The predicted octanol–water partition coefficient (Wildman–Crippen LogP) is 4.07. The first kappa shape index (κ1) is 13.8. The molecule has 0 saturated carbocycles. The summed E-state index contributed by atoms with van der Waals surface area (Å²) >= 11 is 6.08. The van der Waals surface area contributed by atoms with Gasteiger partial charge >= 0.3 is 0 Å². The Labute approximate surface area is 118 Å². The number of nitrogens with zero attached hydrogens (tertiary/aromatic N) is 2. The maximum atomic E-state index is 6.08. The van der Waals surface area contributed by atoms with Gasteiger partial charge in [0.1, 0.15) is 5.75 Å². The number of aromatic nitrogens is 2. The van der Waals surface area contributed by atoms with Crippen molar-refractivity contribution in [2.75, 3.05) is 7.11 Å². The zero-order valence-electron chi connectivity index (χ0n) is 11.6. The molecule has 0 bridgehead atoms. The quantitative estimate of drug-likeness (QED) is 0.793. The van der Waals surface area contributed by atoms with Crippen LogP contribution in [-0.4, -0.2) is 17.1 Å². The molecular formula is C15H17ClN2O. The molecule has 0 aliphatic heterocycles. The summed E-state index contributed by atoms with van der Waals surface area (Å²) in [6.07, 6.45) is 1.79. The van der Waals surface area contributed by atoms with Crippen LogP contribution in [0.5, 0.6) is 5.75 Å². The molecule has 1 aromatic carbocycles. The molecule has 0 aliphatic rings. The molecule has 2 rings (SSSR count). The lowest BCUT2D eigenvalue weighted by Crippen LogP contribution is -2.00. The first-order valence-corrected chi connectivity index (χ1v) is 6.59. The molecule has 0 fully saturated rings. The summed E-state index contributed by atoms with van der Waals surface area (Å²) in [5, 5.41) is -0.0889. The summed E-state index contributed by atoms with van der Waals surface area (Å²) in [7, 11) is 1.65. The highest BCUT2D eigenvalue weighted by atomic mass is 35.5. The number of halogens is 1. The Morgan fingerprint density at radius 2 is 2.00 bits per heavy atom. The molecule has 1 aromatic heterocycles. The van der Waals surface area contributed by atoms with E-state index >= 15 is 0 Å².